The maximum atomic E-state index is 13.7. The molecule has 0 bridgehead atoms. The van der Waals surface area contributed by atoms with Crippen molar-refractivity contribution in [3.63, 3.8) is 0 Å². The summed E-state index contributed by atoms with van der Waals surface area (Å²) in [5, 5.41) is 4.41. The molecule has 2 amide bonds. The van der Waals surface area contributed by atoms with E-state index < -0.39 is 6.04 Å². The lowest BCUT2D eigenvalue weighted by Crippen LogP contribution is -2.53. The van der Waals surface area contributed by atoms with Crippen LogP contribution in [0, 0.1) is 6.92 Å². The first-order chi connectivity index (χ1) is 17.9. The van der Waals surface area contributed by atoms with Crippen LogP contribution >= 0.6 is 23.2 Å². The molecule has 1 unspecified atom stereocenters. The fourth-order valence-electron chi connectivity index (χ4n) is 4.69. The third-order valence-electron chi connectivity index (χ3n) is 6.71. The van der Waals surface area contributed by atoms with E-state index in [1.165, 1.54) is 0 Å². The zero-order valence-electron chi connectivity index (χ0n) is 21.0. The number of aryl methyl sites for hydroxylation is 1. The van der Waals surface area contributed by atoms with Crippen molar-refractivity contribution in [1.29, 1.82) is 0 Å². The van der Waals surface area contributed by atoms with E-state index in [0.717, 1.165) is 42.4 Å². The third kappa shape index (κ3) is 7.73. The van der Waals surface area contributed by atoms with Gasteiger partial charge >= 0.3 is 0 Å². The van der Waals surface area contributed by atoms with Gasteiger partial charge in [-0.2, -0.15) is 0 Å². The van der Waals surface area contributed by atoms with Crippen LogP contribution in [0.2, 0.25) is 10.0 Å². The summed E-state index contributed by atoms with van der Waals surface area (Å²) in [4.78, 5) is 29.0. The molecule has 3 aromatic rings. The van der Waals surface area contributed by atoms with Gasteiger partial charge in [0, 0.05) is 29.1 Å². The van der Waals surface area contributed by atoms with Gasteiger partial charge in [0.2, 0.25) is 5.91 Å². The standard InChI is InChI=1S/C30H32Cl2N2O3/c1-21-16-26(14-15-27(21)32)37-20-29(35)34(19-23-10-7-11-24(31)17-23)28(18-22-8-3-2-4-9-22)30(36)33-25-12-5-6-13-25/h2-4,7-11,14-17,25,28H,5-6,12-13,18-20H2,1H3,(H,33,36). The van der Waals surface area contributed by atoms with Gasteiger partial charge in [-0.1, -0.05) is 78.5 Å². The predicted molar refractivity (Wildman–Crippen MR) is 148 cm³/mol. The third-order valence-corrected chi connectivity index (χ3v) is 7.37. The highest BCUT2D eigenvalue weighted by atomic mass is 35.5. The number of ether oxygens (including phenoxy) is 1. The van der Waals surface area contributed by atoms with Crippen LogP contribution in [0.5, 0.6) is 5.75 Å². The highest BCUT2D eigenvalue weighted by Gasteiger charge is 2.32. The Labute approximate surface area is 228 Å². The van der Waals surface area contributed by atoms with E-state index in [1.807, 2.05) is 55.5 Å². The van der Waals surface area contributed by atoms with Gasteiger partial charge in [-0.15, -0.1) is 0 Å². The minimum absolute atomic E-state index is 0.141. The van der Waals surface area contributed by atoms with Crippen molar-refractivity contribution in [1.82, 2.24) is 10.2 Å². The lowest BCUT2D eigenvalue weighted by molar-refractivity contribution is -0.143. The zero-order valence-corrected chi connectivity index (χ0v) is 22.5. The summed E-state index contributed by atoms with van der Waals surface area (Å²) < 4.78 is 5.85. The second-order valence-corrected chi connectivity index (χ2v) is 10.4. The molecule has 37 heavy (non-hydrogen) atoms. The number of nitrogens with zero attached hydrogens (tertiary/aromatic N) is 1. The smallest absolute Gasteiger partial charge is 0.261 e. The van der Waals surface area contributed by atoms with Crippen molar-refractivity contribution < 1.29 is 14.3 Å². The molecular weight excluding hydrogens is 507 g/mol. The van der Waals surface area contributed by atoms with E-state index >= 15 is 0 Å². The molecule has 0 aliphatic heterocycles. The number of benzene rings is 3. The molecule has 4 rings (SSSR count). The van der Waals surface area contributed by atoms with Crippen LogP contribution in [0.1, 0.15) is 42.4 Å². The minimum Gasteiger partial charge on any atom is -0.484 e. The minimum atomic E-state index is -0.704. The molecule has 1 N–H and O–H groups in total. The van der Waals surface area contributed by atoms with Gasteiger partial charge in [-0.3, -0.25) is 9.59 Å². The molecule has 1 aliphatic carbocycles. The van der Waals surface area contributed by atoms with Gasteiger partial charge in [0.1, 0.15) is 11.8 Å². The Hall–Kier alpha value is -3.02. The Bertz CT molecular complexity index is 1210. The molecule has 0 heterocycles. The lowest BCUT2D eigenvalue weighted by atomic mass is 10.0. The van der Waals surface area contributed by atoms with Gasteiger partial charge < -0.3 is 15.0 Å². The van der Waals surface area contributed by atoms with Crippen LogP contribution in [-0.2, 0) is 22.6 Å². The Balaban J connectivity index is 1.61. The fraction of sp³-hybridized carbons (Fsp3) is 0.333. The van der Waals surface area contributed by atoms with Gasteiger partial charge in [0.25, 0.3) is 5.91 Å². The number of amides is 2. The predicted octanol–water partition coefficient (Wildman–Crippen LogP) is 6.38. The summed E-state index contributed by atoms with van der Waals surface area (Å²) in [6.07, 6.45) is 4.53. The van der Waals surface area contributed by atoms with Crippen LogP contribution in [0.25, 0.3) is 0 Å². The zero-order chi connectivity index (χ0) is 26.2. The first-order valence-electron chi connectivity index (χ1n) is 12.7. The summed E-state index contributed by atoms with van der Waals surface area (Å²) in [7, 11) is 0. The molecule has 1 saturated carbocycles. The Morgan fingerprint density at radius 2 is 1.70 bits per heavy atom. The summed E-state index contributed by atoms with van der Waals surface area (Å²) in [5.74, 6) is 0.122. The molecule has 1 fully saturated rings. The molecular formula is C30H32Cl2N2O3. The lowest BCUT2D eigenvalue weighted by Gasteiger charge is -2.32. The maximum Gasteiger partial charge on any atom is 0.261 e. The van der Waals surface area contributed by atoms with Crippen LogP contribution in [0.15, 0.2) is 72.8 Å². The molecule has 0 aromatic heterocycles. The molecule has 5 nitrogen and oxygen atoms in total. The molecule has 1 atom stereocenters. The van der Waals surface area contributed by atoms with Gasteiger partial charge in [-0.25, -0.2) is 0 Å². The Morgan fingerprint density at radius 3 is 2.41 bits per heavy atom. The van der Waals surface area contributed by atoms with Crippen molar-refractivity contribution in [2.45, 2.75) is 57.7 Å². The summed E-state index contributed by atoms with van der Waals surface area (Å²) >= 11 is 12.4. The second-order valence-electron chi connectivity index (χ2n) is 9.55. The molecule has 7 heteroatoms. The average molecular weight is 540 g/mol. The first-order valence-corrected chi connectivity index (χ1v) is 13.4. The van der Waals surface area contributed by atoms with E-state index in [1.54, 1.807) is 29.2 Å². The monoisotopic (exact) mass is 538 g/mol. The quantitative estimate of drug-likeness (QED) is 0.325. The topological polar surface area (TPSA) is 58.6 Å². The molecule has 0 radical (unpaired) electrons. The highest BCUT2D eigenvalue weighted by molar-refractivity contribution is 6.31. The van der Waals surface area contributed by atoms with Crippen molar-refractivity contribution in [3.05, 3.63) is 99.5 Å². The number of rotatable bonds is 10. The molecule has 0 spiro atoms. The van der Waals surface area contributed by atoms with E-state index in [9.17, 15) is 9.59 Å². The summed E-state index contributed by atoms with van der Waals surface area (Å²) in [5.41, 5.74) is 2.68. The van der Waals surface area contributed by atoms with Crippen LogP contribution < -0.4 is 10.1 Å². The van der Waals surface area contributed by atoms with Crippen LogP contribution in [0.3, 0.4) is 0 Å². The number of carbonyl (C=O) groups is 2. The fourth-order valence-corrected chi connectivity index (χ4v) is 5.02. The van der Waals surface area contributed by atoms with Crippen molar-refractivity contribution in [3.8, 4) is 5.75 Å². The molecule has 194 valence electrons. The summed E-state index contributed by atoms with van der Waals surface area (Å²) in [6, 6.07) is 21.8. The first kappa shape index (κ1) is 27.0. The maximum absolute atomic E-state index is 13.7. The number of halogens is 2. The number of nitrogens with one attached hydrogen (secondary N) is 1. The Kier molecular flexibility index (Phi) is 9.48. The van der Waals surface area contributed by atoms with Crippen LogP contribution in [0.4, 0.5) is 0 Å². The Morgan fingerprint density at radius 1 is 0.973 bits per heavy atom. The average Bonchev–Trinajstić information content (AvgIpc) is 3.40. The summed E-state index contributed by atoms with van der Waals surface area (Å²) in [6.45, 7) is 1.91. The van der Waals surface area contributed by atoms with E-state index in [4.69, 9.17) is 27.9 Å². The van der Waals surface area contributed by atoms with Crippen molar-refractivity contribution >= 4 is 35.0 Å². The van der Waals surface area contributed by atoms with E-state index in [0.29, 0.717) is 22.2 Å². The molecule has 3 aromatic carbocycles. The van der Waals surface area contributed by atoms with Crippen molar-refractivity contribution in [2.75, 3.05) is 6.61 Å². The van der Waals surface area contributed by atoms with E-state index in [-0.39, 0.29) is 31.0 Å². The number of carbonyl (C=O) groups excluding carboxylic acids is 2. The number of hydrogen-bond donors (Lipinski definition) is 1. The normalized spacial score (nSPS) is 14.2. The number of hydrogen-bond acceptors (Lipinski definition) is 3. The second kappa shape index (κ2) is 13.0. The molecule has 0 saturated heterocycles. The molecule has 1 aliphatic rings. The SMILES string of the molecule is Cc1cc(OCC(=O)N(Cc2cccc(Cl)c2)C(Cc2ccccc2)C(=O)NC2CCCC2)ccc1Cl. The van der Waals surface area contributed by atoms with Crippen LogP contribution in [-0.4, -0.2) is 35.4 Å². The largest absolute Gasteiger partial charge is 0.484 e. The highest BCUT2D eigenvalue weighted by Crippen LogP contribution is 2.23. The van der Waals surface area contributed by atoms with Crippen molar-refractivity contribution in [2.24, 2.45) is 0 Å². The van der Waals surface area contributed by atoms with Gasteiger partial charge in [0.05, 0.1) is 0 Å². The van der Waals surface area contributed by atoms with E-state index in [2.05, 4.69) is 5.32 Å². The van der Waals surface area contributed by atoms with Gasteiger partial charge in [0.15, 0.2) is 6.61 Å². The van der Waals surface area contributed by atoms with Gasteiger partial charge in [-0.05, 0) is 66.8 Å².